The number of esters is 2. The predicted molar refractivity (Wildman–Crippen MR) is 102 cm³/mol. The third-order valence-electron chi connectivity index (χ3n) is 5.06. The quantitative estimate of drug-likeness (QED) is 0.355. The van der Waals surface area contributed by atoms with E-state index in [4.69, 9.17) is 14.6 Å². The average molecular weight is 402 g/mol. The predicted octanol–water partition coefficient (Wildman–Crippen LogP) is 3.13. The number of aliphatic carboxylic acids is 2. The molecule has 28 heavy (non-hydrogen) atoms. The lowest BCUT2D eigenvalue weighted by Gasteiger charge is -2.27. The van der Waals surface area contributed by atoms with Gasteiger partial charge in [-0.3, -0.25) is 19.2 Å². The molecule has 162 valence electrons. The Morgan fingerprint density at radius 1 is 0.786 bits per heavy atom. The summed E-state index contributed by atoms with van der Waals surface area (Å²) in [6.07, 6.45) is 0.822. The fourth-order valence-electron chi connectivity index (χ4n) is 2.56. The Labute approximate surface area is 166 Å². The molecule has 2 atom stereocenters. The van der Waals surface area contributed by atoms with Gasteiger partial charge in [-0.15, -0.1) is 0 Å². The normalized spacial score (nSPS) is 14.1. The van der Waals surface area contributed by atoms with Crippen molar-refractivity contribution in [3.8, 4) is 0 Å². The van der Waals surface area contributed by atoms with Gasteiger partial charge in [-0.25, -0.2) is 0 Å². The second-order valence-electron chi connectivity index (χ2n) is 8.31. The van der Waals surface area contributed by atoms with Crippen LogP contribution in [0, 0.1) is 22.7 Å². The van der Waals surface area contributed by atoms with Crippen LogP contribution in [0.2, 0.25) is 0 Å². The van der Waals surface area contributed by atoms with Gasteiger partial charge in [0, 0.05) is 0 Å². The lowest BCUT2D eigenvalue weighted by molar-refractivity contribution is -0.164. The molecule has 8 heteroatoms. The molecule has 0 aliphatic heterocycles. The van der Waals surface area contributed by atoms with Crippen LogP contribution < -0.4 is 0 Å². The van der Waals surface area contributed by atoms with E-state index < -0.39 is 40.6 Å². The maximum absolute atomic E-state index is 12.3. The summed E-state index contributed by atoms with van der Waals surface area (Å²) >= 11 is 0. The van der Waals surface area contributed by atoms with Crippen molar-refractivity contribution >= 4 is 23.9 Å². The molecule has 0 bridgehead atoms. The zero-order valence-corrected chi connectivity index (χ0v) is 17.7. The average Bonchev–Trinajstić information content (AvgIpc) is 2.60. The summed E-state index contributed by atoms with van der Waals surface area (Å²) in [7, 11) is 0. The van der Waals surface area contributed by atoms with Crippen molar-refractivity contribution in [2.45, 2.75) is 67.2 Å². The van der Waals surface area contributed by atoms with Crippen LogP contribution in [0.4, 0.5) is 0 Å². The van der Waals surface area contributed by atoms with E-state index in [0.29, 0.717) is 12.8 Å². The minimum atomic E-state index is -1.14. The Morgan fingerprint density at radius 2 is 1.21 bits per heavy atom. The summed E-state index contributed by atoms with van der Waals surface area (Å²) in [5.41, 5.74) is -1.73. The maximum atomic E-state index is 12.3. The molecule has 0 amide bonds. The minimum Gasteiger partial charge on any atom is -0.481 e. The molecule has 0 aliphatic rings. The van der Waals surface area contributed by atoms with Crippen LogP contribution >= 0.6 is 0 Å². The first-order valence-corrected chi connectivity index (χ1v) is 9.58. The monoisotopic (exact) mass is 402 g/mol. The summed E-state index contributed by atoms with van der Waals surface area (Å²) in [6.45, 7) is 9.97. The number of ether oxygens (including phenoxy) is 2. The van der Waals surface area contributed by atoms with E-state index in [9.17, 15) is 24.3 Å². The molecule has 0 aliphatic carbocycles. The zero-order chi connectivity index (χ0) is 22.1. The molecule has 8 nitrogen and oxygen atoms in total. The van der Waals surface area contributed by atoms with Crippen LogP contribution in [0.3, 0.4) is 0 Å². The lowest BCUT2D eigenvalue weighted by Crippen LogP contribution is -2.34. The molecule has 0 aromatic rings. The SMILES string of the molecule is CCC(CC(CC(C)(C)C(=O)OCCOC(=O)C(C)(C)CC)C(=O)O)C(=O)O. The van der Waals surface area contributed by atoms with Gasteiger partial charge >= 0.3 is 23.9 Å². The molecular weight excluding hydrogens is 368 g/mol. The molecule has 0 rings (SSSR count). The summed E-state index contributed by atoms with van der Waals surface area (Å²) in [5, 5.41) is 18.6. The van der Waals surface area contributed by atoms with E-state index in [1.165, 1.54) is 0 Å². The fourth-order valence-corrected chi connectivity index (χ4v) is 2.56. The number of carbonyl (C=O) groups excluding carboxylic acids is 2. The highest BCUT2D eigenvalue weighted by atomic mass is 16.6. The molecular formula is C20H34O8. The molecule has 0 aromatic heterocycles. The van der Waals surface area contributed by atoms with E-state index in [-0.39, 0.29) is 32.0 Å². The second-order valence-corrected chi connectivity index (χ2v) is 8.31. The van der Waals surface area contributed by atoms with Crippen LogP contribution in [0.15, 0.2) is 0 Å². The van der Waals surface area contributed by atoms with Crippen molar-refractivity contribution < 1.29 is 38.9 Å². The lowest BCUT2D eigenvalue weighted by atomic mass is 9.79. The zero-order valence-electron chi connectivity index (χ0n) is 17.7. The fraction of sp³-hybridized carbons (Fsp3) is 0.800. The van der Waals surface area contributed by atoms with Crippen molar-refractivity contribution in [1.29, 1.82) is 0 Å². The number of hydrogen-bond donors (Lipinski definition) is 2. The summed E-state index contributed by atoms with van der Waals surface area (Å²) < 4.78 is 10.2. The van der Waals surface area contributed by atoms with Crippen molar-refractivity contribution in [3.05, 3.63) is 0 Å². The Morgan fingerprint density at radius 3 is 1.57 bits per heavy atom. The van der Waals surface area contributed by atoms with Crippen LogP contribution in [-0.4, -0.2) is 47.3 Å². The van der Waals surface area contributed by atoms with Gasteiger partial charge in [0.15, 0.2) is 0 Å². The molecule has 0 saturated heterocycles. The van der Waals surface area contributed by atoms with Crippen molar-refractivity contribution in [1.82, 2.24) is 0 Å². The van der Waals surface area contributed by atoms with Gasteiger partial charge in [-0.2, -0.15) is 0 Å². The highest BCUT2D eigenvalue weighted by Gasteiger charge is 2.37. The van der Waals surface area contributed by atoms with Crippen LogP contribution in [0.5, 0.6) is 0 Å². The smallest absolute Gasteiger partial charge is 0.311 e. The minimum absolute atomic E-state index is 0.0480. The number of hydrogen-bond acceptors (Lipinski definition) is 6. The van der Waals surface area contributed by atoms with E-state index >= 15 is 0 Å². The molecule has 0 spiro atoms. The molecule has 0 heterocycles. The Kier molecular flexibility index (Phi) is 10.2. The van der Waals surface area contributed by atoms with Gasteiger partial charge in [0.1, 0.15) is 13.2 Å². The Hall–Kier alpha value is -2.12. The van der Waals surface area contributed by atoms with Gasteiger partial charge in [0.25, 0.3) is 0 Å². The third-order valence-corrected chi connectivity index (χ3v) is 5.06. The highest BCUT2D eigenvalue weighted by molar-refractivity contribution is 5.78. The largest absolute Gasteiger partial charge is 0.481 e. The number of carbonyl (C=O) groups is 4. The van der Waals surface area contributed by atoms with Gasteiger partial charge in [-0.05, 0) is 53.4 Å². The van der Waals surface area contributed by atoms with Gasteiger partial charge < -0.3 is 19.7 Å². The van der Waals surface area contributed by atoms with Crippen LogP contribution in [-0.2, 0) is 28.7 Å². The van der Waals surface area contributed by atoms with Gasteiger partial charge in [0.2, 0.25) is 0 Å². The van der Waals surface area contributed by atoms with Crippen LogP contribution in [0.1, 0.15) is 67.2 Å². The topological polar surface area (TPSA) is 127 Å². The summed E-state index contributed by atoms with van der Waals surface area (Å²) in [4.78, 5) is 46.9. The number of carboxylic acids is 2. The molecule has 0 saturated carbocycles. The Balaban J connectivity index is 4.72. The third kappa shape index (κ3) is 8.27. The van der Waals surface area contributed by atoms with Crippen molar-refractivity contribution in [2.75, 3.05) is 13.2 Å². The molecule has 2 N–H and O–H groups in total. The van der Waals surface area contributed by atoms with E-state index in [1.807, 2.05) is 6.92 Å². The standard InChI is InChI=1S/C20H34O8/c1-7-13(15(21)22)11-14(16(23)24)12-20(5,6)18(26)28-10-9-27-17(25)19(3,4)8-2/h13-14H,7-12H2,1-6H3,(H,21,22)(H,23,24). The number of carboxylic acid groups (broad SMARTS) is 2. The van der Waals surface area contributed by atoms with E-state index in [2.05, 4.69) is 0 Å². The highest BCUT2D eigenvalue weighted by Crippen LogP contribution is 2.31. The summed E-state index contributed by atoms with van der Waals surface area (Å²) in [6, 6.07) is 0. The number of rotatable bonds is 13. The van der Waals surface area contributed by atoms with Crippen molar-refractivity contribution in [3.63, 3.8) is 0 Å². The first-order valence-electron chi connectivity index (χ1n) is 9.58. The van der Waals surface area contributed by atoms with E-state index in [1.54, 1.807) is 34.6 Å². The molecule has 0 aromatic carbocycles. The van der Waals surface area contributed by atoms with E-state index in [0.717, 1.165) is 0 Å². The second kappa shape index (κ2) is 11.0. The molecule has 0 radical (unpaired) electrons. The first kappa shape index (κ1) is 25.9. The van der Waals surface area contributed by atoms with Gasteiger partial charge in [-0.1, -0.05) is 13.8 Å². The summed E-state index contributed by atoms with van der Waals surface area (Å²) in [5.74, 6) is -4.95. The van der Waals surface area contributed by atoms with Crippen LogP contribution in [0.25, 0.3) is 0 Å². The molecule has 0 fully saturated rings. The first-order chi connectivity index (χ1) is 12.8. The molecule has 2 unspecified atom stereocenters. The maximum Gasteiger partial charge on any atom is 0.311 e. The Bertz CT molecular complexity index is 565. The van der Waals surface area contributed by atoms with Crippen molar-refractivity contribution in [2.24, 2.45) is 22.7 Å². The van der Waals surface area contributed by atoms with Gasteiger partial charge in [0.05, 0.1) is 22.7 Å².